The number of carboxylic acid groups (broad SMARTS) is 1. The Labute approximate surface area is 101 Å². The molecule has 6 atom stereocenters. The van der Waals surface area contributed by atoms with Crippen molar-refractivity contribution in [1.29, 1.82) is 0 Å². The highest BCUT2D eigenvalue weighted by Crippen LogP contribution is 2.35. The van der Waals surface area contributed by atoms with E-state index in [0.717, 1.165) is 0 Å². The third-order valence-electron chi connectivity index (χ3n) is 3.30. The molecule has 0 aromatic carbocycles. The highest BCUT2D eigenvalue weighted by molar-refractivity contribution is 5.77. The summed E-state index contributed by atoms with van der Waals surface area (Å²) in [6.07, 6.45) is -4.77. The van der Waals surface area contributed by atoms with Gasteiger partial charge in [0.05, 0.1) is 18.3 Å². The lowest BCUT2D eigenvalue weighted by Gasteiger charge is -2.44. The van der Waals surface area contributed by atoms with Gasteiger partial charge in [0.25, 0.3) is 0 Å². The molecule has 1 heterocycles. The minimum atomic E-state index is -1.60. The van der Waals surface area contributed by atoms with Crippen molar-refractivity contribution in [2.75, 3.05) is 0 Å². The predicted molar refractivity (Wildman–Crippen MR) is 58.4 cm³/mol. The minimum absolute atomic E-state index is 0.0797. The molecule has 6 nitrogen and oxygen atoms in total. The van der Waals surface area contributed by atoms with Crippen molar-refractivity contribution in [3.8, 4) is 0 Å². The van der Waals surface area contributed by atoms with Crippen LogP contribution in [0.15, 0.2) is 0 Å². The zero-order valence-corrected chi connectivity index (χ0v) is 9.91. The fourth-order valence-corrected chi connectivity index (χ4v) is 2.00. The number of ether oxygens (including phenoxy) is 1. The van der Waals surface area contributed by atoms with Gasteiger partial charge >= 0.3 is 5.97 Å². The zero-order chi connectivity index (χ0) is 14.1. The number of rotatable bonds is 3. The first kappa shape index (κ1) is 12.8. The monoisotopic (exact) mass is 249 g/mol. The lowest BCUT2D eigenvalue weighted by Crippen LogP contribution is -2.58. The van der Waals surface area contributed by atoms with Gasteiger partial charge in [0, 0.05) is 13.7 Å². The normalized spacial score (nSPS) is 42.6. The van der Waals surface area contributed by atoms with Gasteiger partial charge in [0.1, 0.15) is 6.10 Å². The first-order valence-corrected chi connectivity index (χ1v) is 5.47. The van der Waals surface area contributed by atoms with E-state index >= 15 is 0 Å². The molecule has 0 aromatic rings. The van der Waals surface area contributed by atoms with E-state index in [4.69, 9.17) is 11.2 Å². The zero-order valence-electron chi connectivity index (χ0n) is 10.9. The van der Waals surface area contributed by atoms with Gasteiger partial charge in [-0.2, -0.15) is 0 Å². The van der Waals surface area contributed by atoms with Crippen molar-refractivity contribution in [3.63, 3.8) is 0 Å². The maximum atomic E-state index is 11.1. The summed E-state index contributed by atoms with van der Waals surface area (Å²) in [5.74, 6) is -1.75. The summed E-state index contributed by atoms with van der Waals surface area (Å²) in [5, 5.41) is 38.2. The molecule has 0 aromatic heterocycles. The Kier molecular flexibility index (Phi) is 3.67. The Morgan fingerprint density at radius 3 is 2.65 bits per heavy atom. The number of aliphatic hydroxyl groups is 3. The maximum absolute atomic E-state index is 11.1. The molecule has 1 fully saturated rings. The summed E-state index contributed by atoms with van der Waals surface area (Å²) in [7, 11) is 0. The highest BCUT2D eigenvalue weighted by Gasteiger charge is 2.49. The van der Waals surface area contributed by atoms with Crippen molar-refractivity contribution in [1.82, 2.24) is 0 Å². The van der Waals surface area contributed by atoms with Gasteiger partial charge in [-0.15, -0.1) is 0 Å². The molecule has 0 saturated carbocycles. The minimum Gasteiger partial charge on any atom is -0.479 e. The molecular weight excluding hydrogens is 228 g/mol. The molecule has 1 rings (SSSR count). The summed E-state index contributed by atoms with van der Waals surface area (Å²) < 4.78 is 12.4. The van der Waals surface area contributed by atoms with Crippen LogP contribution >= 0.6 is 0 Å². The standard InChI is InChI=1S/C11H20O6/c1-5-7(13)4-11(3,10(15)16)17-9(5)8(14)6(2)12/h5-9,12-14H,4H2,1-3H3,(H,15,16)/i2D. The van der Waals surface area contributed by atoms with Crippen LogP contribution in [-0.4, -0.2) is 56.4 Å². The van der Waals surface area contributed by atoms with Crippen LogP contribution in [0.1, 0.15) is 28.5 Å². The number of carbonyl (C=O) groups is 1. The number of aliphatic hydroxyl groups excluding tert-OH is 3. The van der Waals surface area contributed by atoms with E-state index in [9.17, 15) is 20.1 Å². The Morgan fingerprint density at radius 2 is 2.18 bits per heavy atom. The summed E-state index contributed by atoms with van der Waals surface area (Å²) in [4.78, 5) is 11.1. The van der Waals surface area contributed by atoms with Gasteiger partial charge < -0.3 is 25.2 Å². The second kappa shape index (κ2) is 4.89. The third-order valence-corrected chi connectivity index (χ3v) is 3.30. The van der Waals surface area contributed by atoms with E-state index in [2.05, 4.69) is 0 Å². The van der Waals surface area contributed by atoms with Gasteiger partial charge in [-0.05, 0) is 13.8 Å². The van der Waals surface area contributed by atoms with Gasteiger partial charge in [-0.1, -0.05) is 6.92 Å². The van der Waals surface area contributed by atoms with Gasteiger partial charge in [0.2, 0.25) is 0 Å². The average molecular weight is 249 g/mol. The molecule has 17 heavy (non-hydrogen) atoms. The van der Waals surface area contributed by atoms with Crippen LogP contribution in [0.25, 0.3) is 0 Å². The lowest BCUT2D eigenvalue weighted by atomic mass is 9.81. The van der Waals surface area contributed by atoms with Crippen LogP contribution in [0, 0.1) is 5.92 Å². The fourth-order valence-electron chi connectivity index (χ4n) is 2.00. The topological polar surface area (TPSA) is 107 Å². The van der Waals surface area contributed by atoms with Crippen LogP contribution in [0.3, 0.4) is 0 Å². The molecule has 4 N–H and O–H groups in total. The van der Waals surface area contributed by atoms with E-state index in [-0.39, 0.29) is 6.42 Å². The molecule has 1 aliphatic heterocycles. The Balaban J connectivity index is 2.92. The quantitative estimate of drug-likeness (QED) is 0.530. The van der Waals surface area contributed by atoms with Crippen LogP contribution in [0.5, 0.6) is 0 Å². The number of carboxylic acids is 1. The van der Waals surface area contributed by atoms with Gasteiger partial charge in [0.15, 0.2) is 5.60 Å². The van der Waals surface area contributed by atoms with Crippen molar-refractivity contribution >= 4 is 5.97 Å². The van der Waals surface area contributed by atoms with Crippen LogP contribution in [-0.2, 0) is 9.53 Å². The average Bonchev–Trinajstić information content (AvgIpc) is 2.31. The summed E-state index contributed by atoms with van der Waals surface area (Å²) in [6, 6.07) is 0. The molecule has 0 amide bonds. The number of hydrogen-bond acceptors (Lipinski definition) is 5. The maximum Gasteiger partial charge on any atom is 0.335 e. The van der Waals surface area contributed by atoms with Crippen molar-refractivity contribution in [2.45, 2.75) is 57.2 Å². The van der Waals surface area contributed by atoms with Crippen LogP contribution in [0.2, 0.25) is 0 Å². The SMILES string of the molecule is [2H]CC(O)C(O)C1OC(C)(C(=O)O)CC(O)C1C. The Bertz CT molecular complexity index is 312. The van der Waals surface area contributed by atoms with E-state index in [1.54, 1.807) is 6.92 Å². The first-order chi connectivity index (χ1) is 8.23. The van der Waals surface area contributed by atoms with E-state index < -0.39 is 48.8 Å². The summed E-state index contributed by atoms with van der Waals surface area (Å²) >= 11 is 0. The Hall–Kier alpha value is -0.690. The molecule has 6 unspecified atom stereocenters. The first-order valence-electron chi connectivity index (χ1n) is 6.18. The van der Waals surface area contributed by atoms with E-state index in [1.807, 2.05) is 0 Å². The second-order valence-corrected chi connectivity index (χ2v) is 4.81. The molecule has 1 saturated heterocycles. The van der Waals surface area contributed by atoms with Gasteiger partial charge in [-0.3, -0.25) is 0 Å². The number of hydrogen-bond donors (Lipinski definition) is 4. The fraction of sp³-hybridized carbons (Fsp3) is 0.909. The molecule has 1 aliphatic rings. The summed E-state index contributed by atoms with van der Waals surface area (Å²) in [5.41, 5.74) is -1.60. The summed E-state index contributed by atoms with van der Waals surface area (Å²) in [6.45, 7) is 2.50. The van der Waals surface area contributed by atoms with Crippen molar-refractivity contribution in [3.05, 3.63) is 0 Å². The molecule has 6 heteroatoms. The molecule has 0 aliphatic carbocycles. The van der Waals surface area contributed by atoms with Crippen LogP contribution < -0.4 is 0 Å². The Morgan fingerprint density at radius 1 is 1.59 bits per heavy atom. The largest absolute Gasteiger partial charge is 0.479 e. The molecule has 100 valence electrons. The van der Waals surface area contributed by atoms with Gasteiger partial charge in [-0.25, -0.2) is 4.79 Å². The highest BCUT2D eigenvalue weighted by atomic mass is 16.6. The third kappa shape index (κ3) is 2.77. The van der Waals surface area contributed by atoms with Crippen molar-refractivity contribution < 1.29 is 31.3 Å². The molecule has 0 bridgehead atoms. The van der Waals surface area contributed by atoms with E-state index in [0.29, 0.717) is 0 Å². The molecular formula is C11H20O6. The molecule has 0 spiro atoms. The smallest absolute Gasteiger partial charge is 0.335 e. The number of aliphatic carboxylic acids is 1. The predicted octanol–water partition coefficient (Wildman–Crippen LogP) is -0.643. The lowest BCUT2D eigenvalue weighted by molar-refractivity contribution is -0.229. The second-order valence-electron chi connectivity index (χ2n) is 4.81. The molecule has 0 radical (unpaired) electrons. The van der Waals surface area contributed by atoms with Crippen molar-refractivity contribution in [2.24, 2.45) is 5.92 Å². The van der Waals surface area contributed by atoms with Crippen LogP contribution in [0.4, 0.5) is 0 Å². The van der Waals surface area contributed by atoms with E-state index in [1.165, 1.54) is 6.92 Å².